The summed E-state index contributed by atoms with van der Waals surface area (Å²) in [5, 5.41) is 11.3. The van der Waals surface area contributed by atoms with Crippen molar-refractivity contribution in [3.05, 3.63) is 64.2 Å². The Morgan fingerprint density at radius 1 is 1.12 bits per heavy atom. The summed E-state index contributed by atoms with van der Waals surface area (Å²) in [6.45, 7) is 3.44. The van der Waals surface area contributed by atoms with Crippen LogP contribution >= 0.6 is 11.8 Å². The first kappa shape index (κ1) is 19.8. The van der Waals surface area contributed by atoms with E-state index in [-0.39, 0.29) is 17.0 Å². The molecule has 0 fully saturated rings. The van der Waals surface area contributed by atoms with Crippen LogP contribution in [0.5, 0.6) is 0 Å². The van der Waals surface area contributed by atoms with Gasteiger partial charge in [0.15, 0.2) is 0 Å². The maximum Gasteiger partial charge on any atom is 0.416 e. The molecule has 2 aromatic rings. The van der Waals surface area contributed by atoms with E-state index in [9.17, 15) is 27.9 Å². The topological polar surface area (TPSA) is 66.4 Å². The summed E-state index contributed by atoms with van der Waals surface area (Å²) in [4.78, 5) is 23.5. The van der Waals surface area contributed by atoms with Crippen LogP contribution in [0.4, 0.5) is 23.7 Å². The van der Waals surface area contributed by atoms with Gasteiger partial charge in [-0.25, -0.2) is 4.79 Å². The average molecular weight is 383 g/mol. The fourth-order valence-electron chi connectivity index (χ4n) is 2.38. The minimum atomic E-state index is -4.40. The molecule has 0 radical (unpaired) electrons. The lowest BCUT2D eigenvalue weighted by molar-refractivity contribution is -0.137. The quantitative estimate of drug-likeness (QED) is 0.733. The van der Waals surface area contributed by atoms with Gasteiger partial charge in [-0.1, -0.05) is 30.0 Å². The molecular weight excluding hydrogens is 367 g/mol. The third-order valence-corrected chi connectivity index (χ3v) is 4.43. The number of nitrogens with one attached hydrogen (secondary N) is 1. The second-order valence-corrected chi connectivity index (χ2v) is 6.65. The average Bonchev–Trinajstić information content (AvgIpc) is 2.54. The van der Waals surface area contributed by atoms with Crippen molar-refractivity contribution in [3.63, 3.8) is 0 Å². The number of hydrogen-bond acceptors (Lipinski definition) is 3. The molecule has 0 heterocycles. The van der Waals surface area contributed by atoms with E-state index in [4.69, 9.17) is 0 Å². The van der Waals surface area contributed by atoms with Crippen molar-refractivity contribution in [2.24, 2.45) is 0 Å². The molecule has 0 aliphatic rings. The minimum Gasteiger partial charge on any atom is -0.478 e. The van der Waals surface area contributed by atoms with Gasteiger partial charge in [-0.2, -0.15) is 13.2 Å². The molecule has 0 saturated heterocycles. The van der Waals surface area contributed by atoms with Gasteiger partial charge in [0.25, 0.3) is 5.24 Å². The van der Waals surface area contributed by atoms with Gasteiger partial charge in [-0.3, -0.25) is 4.79 Å². The van der Waals surface area contributed by atoms with Crippen LogP contribution < -0.4 is 5.32 Å². The second kappa shape index (κ2) is 7.82. The van der Waals surface area contributed by atoms with Crippen LogP contribution in [-0.2, 0) is 11.9 Å². The summed E-state index contributed by atoms with van der Waals surface area (Å²) in [6.07, 6.45) is -4.40. The largest absolute Gasteiger partial charge is 0.478 e. The standard InChI is InChI=1S/C18H16F3NO3S/c1-10-7-11(2)15(14(8-10)16(23)24)22-17(25)26-9-12-3-5-13(6-4-12)18(19,20)21/h3-8H,9H2,1-2H3,(H,22,25)(H,23,24). The van der Waals surface area contributed by atoms with Gasteiger partial charge in [0, 0.05) is 5.75 Å². The van der Waals surface area contributed by atoms with Crippen LogP contribution in [0.25, 0.3) is 0 Å². The zero-order valence-corrected chi connectivity index (χ0v) is 14.8. The van der Waals surface area contributed by atoms with Gasteiger partial charge in [-0.05, 0) is 48.7 Å². The number of carbonyl (C=O) groups is 2. The van der Waals surface area contributed by atoms with Crippen molar-refractivity contribution in [1.29, 1.82) is 0 Å². The number of carboxylic acids is 1. The van der Waals surface area contributed by atoms with Gasteiger partial charge in [0.1, 0.15) is 0 Å². The molecule has 1 amide bonds. The molecule has 0 saturated carbocycles. The maximum absolute atomic E-state index is 12.5. The zero-order valence-electron chi connectivity index (χ0n) is 14.0. The highest BCUT2D eigenvalue weighted by atomic mass is 32.2. The zero-order chi connectivity index (χ0) is 19.5. The fourth-order valence-corrected chi connectivity index (χ4v) is 3.04. The number of thioether (sulfide) groups is 1. The number of hydrogen-bond donors (Lipinski definition) is 2. The first-order valence-electron chi connectivity index (χ1n) is 7.52. The van der Waals surface area contributed by atoms with Gasteiger partial charge < -0.3 is 10.4 Å². The van der Waals surface area contributed by atoms with E-state index < -0.39 is 22.9 Å². The number of alkyl halides is 3. The number of rotatable bonds is 4. The third kappa shape index (κ3) is 5.01. The number of carbonyl (C=O) groups excluding carboxylic acids is 1. The maximum atomic E-state index is 12.5. The van der Waals surface area contributed by atoms with E-state index in [0.717, 1.165) is 29.5 Å². The normalized spacial score (nSPS) is 11.3. The molecule has 2 N–H and O–H groups in total. The smallest absolute Gasteiger partial charge is 0.416 e. The van der Waals surface area contributed by atoms with Gasteiger partial charge >= 0.3 is 12.1 Å². The second-order valence-electron chi connectivity index (χ2n) is 5.71. The Labute approximate surface area is 152 Å². The number of aryl methyl sites for hydroxylation is 2. The van der Waals surface area contributed by atoms with Gasteiger partial charge in [0.2, 0.25) is 0 Å². The monoisotopic (exact) mass is 383 g/mol. The predicted molar refractivity (Wildman–Crippen MR) is 94.6 cm³/mol. The highest BCUT2D eigenvalue weighted by Crippen LogP contribution is 2.30. The molecule has 0 bridgehead atoms. The lowest BCUT2D eigenvalue weighted by Crippen LogP contribution is -2.12. The summed E-state index contributed by atoms with van der Waals surface area (Å²) < 4.78 is 37.6. The lowest BCUT2D eigenvalue weighted by atomic mass is 10.0. The Balaban J connectivity index is 2.05. The highest BCUT2D eigenvalue weighted by molar-refractivity contribution is 8.13. The molecule has 2 rings (SSSR count). The number of aromatic carboxylic acids is 1. The Bertz CT molecular complexity index is 833. The van der Waals surface area contributed by atoms with Crippen LogP contribution in [0.1, 0.15) is 32.6 Å². The van der Waals surface area contributed by atoms with E-state index in [1.54, 1.807) is 19.9 Å². The van der Waals surface area contributed by atoms with Crippen LogP contribution in [0.15, 0.2) is 36.4 Å². The first-order chi connectivity index (χ1) is 12.1. The number of amides is 1. The van der Waals surface area contributed by atoms with E-state index in [1.807, 2.05) is 0 Å². The summed E-state index contributed by atoms with van der Waals surface area (Å²) in [6, 6.07) is 7.75. The number of benzene rings is 2. The van der Waals surface area contributed by atoms with Crippen LogP contribution in [-0.4, -0.2) is 16.3 Å². The summed E-state index contributed by atoms with van der Waals surface area (Å²) in [5.74, 6) is -0.989. The molecule has 4 nitrogen and oxygen atoms in total. The molecule has 26 heavy (non-hydrogen) atoms. The van der Waals surface area contributed by atoms with Crippen LogP contribution in [0.3, 0.4) is 0 Å². The van der Waals surface area contributed by atoms with Crippen molar-refractivity contribution < 1.29 is 27.9 Å². The minimum absolute atomic E-state index is 0.00835. The first-order valence-corrected chi connectivity index (χ1v) is 8.51. The summed E-state index contributed by atoms with van der Waals surface area (Å²) in [5.41, 5.74) is 1.38. The Kier molecular flexibility index (Phi) is 5.97. The van der Waals surface area contributed by atoms with Crippen molar-refractivity contribution in [2.75, 3.05) is 5.32 Å². The highest BCUT2D eigenvalue weighted by Gasteiger charge is 2.29. The molecule has 0 aliphatic carbocycles. The van der Waals surface area contributed by atoms with Gasteiger partial charge in [-0.15, -0.1) is 0 Å². The van der Waals surface area contributed by atoms with Crippen molar-refractivity contribution in [1.82, 2.24) is 0 Å². The molecule has 8 heteroatoms. The molecule has 0 aliphatic heterocycles. The van der Waals surface area contributed by atoms with Gasteiger partial charge in [0.05, 0.1) is 16.8 Å². The molecule has 2 aromatic carbocycles. The van der Waals surface area contributed by atoms with E-state index in [2.05, 4.69) is 5.32 Å². The van der Waals surface area contributed by atoms with Crippen LogP contribution in [0, 0.1) is 13.8 Å². The number of halogens is 3. The molecular formula is C18H16F3NO3S. The summed E-state index contributed by atoms with van der Waals surface area (Å²) >= 11 is 0.847. The lowest BCUT2D eigenvalue weighted by Gasteiger charge is -2.12. The molecule has 0 spiro atoms. The predicted octanol–water partition coefficient (Wildman–Crippen LogP) is 5.49. The van der Waals surface area contributed by atoms with E-state index in [0.29, 0.717) is 11.1 Å². The summed E-state index contributed by atoms with van der Waals surface area (Å²) in [7, 11) is 0. The Morgan fingerprint density at radius 3 is 2.27 bits per heavy atom. The molecule has 138 valence electrons. The van der Waals surface area contributed by atoms with E-state index in [1.165, 1.54) is 18.2 Å². The third-order valence-electron chi connectivity index (χ3n) is 3.59. The van der Waals surface area contributed by atoms with Crippen molar-refractivity contribution in [2.45, 2.75) is 25.8 Å². The SMILES string of the molecule is Cc1cc(C)c(NC(=O)SCc2ccc(C(F)(F)F)cc2)c(C(=O)O)c1. The van der Waals surface area contributed by atoms with Crippen molar-refractivity contribution in [3.8, 4) is 0 Å². The molecule has 0 atom stereocenters. The van der Waals surface area contributed by atoms with E-state index >= 15 is 0 Å². The number of carboxylic acid groups (broad SMARTS) is 1. The molecule has 0 aromatic heterocycles. The fraction of sp³-hybridized carbons (Fsp3) is 0.222. The molecule has 0 unspecified atom stereocenters. The van der Waals surface area contributed by atoms with Crippen molar-refractivity contribution >= 4 is 28.7 Å². The van der Waals surface area contributed by atoms with Crippen LogP contribution in [0.2, 0.25) is 0 Å². The Morgan fingerprint density at radius 2 is 1.73 bits per heavy atom. The Hall–Kier alpha value is -2.48. The number of anilines is 1.